The molecule has 2 N–H and O–H groups in total. The van der Waals surface area contributed by atoms with Crippen LogP contribution in [-0.2, 0) is 0 Å². The van der Waals surface area contributed by atoms with E-state index in [2.05, 4.69) is 11.8 Å². The van der Waals surface area contributed by atoms with Crippen LogP contribution in [0.5, 0.6) is 0 Å². The first-order chi connectivity index (χ1) is 9.45. The maximum absolute atomic E-state index is 13.0. The van der Waals surface area contributed by atoms with Gasteiger partial charge in [-0.05, 0) is 50.6 Å². The van der Waals surface area contributed by atoms with Crippen molar-refractivity contribution in [2.24, 2.45) is 23.5 Å². The number of hydrogen-bond acceptors (Lipinski definition) is 2. The average molecular weight is 292 g/mol. The van der Waals surface area contributed by atoms with Gasteiger partial charge in [0.05, 0.1) is 5.92 Å². The van der Waals surface area contributed by atoms with Crippen LogP contribution in [0.25, 0.3) is 0 Å². The Kier molecular flexibility index (Phi) is 5.35. The summed E-state index contributed by atoms with van der Waals surface area (Å²) in [6.45, 7) is 3.78. The van der Waals surface area contributed by atoms with Crippen LogP contribution in [0.4, 0.5) is 13.2 Å². The number of nitrogens with zero attached hydrogens (tertiary/aromatic N) is 1. The Morgan fingerprint density at radius 1 is 1.20 bits per heavy atom. The van der Waals surface area contributed by atoms with E-state index in [0.717, 1.165) is 25.8 Å². The summed E-state index contributed by atoms with van der Waals surface area (Å²) in [5, 5.41) is 0. The van der Waals surface area contributed by atoms with Gasteiger partial charge in [0.25, 0.3) is 0 Å². The van der Waals surface area contributed by atoms with E-state index < -0.39 is 12.1 Å². The lowest BCUT2D eigenvalue weighted by molar-refractivity contribution is -0.190. The minimum Gasteiger partial charge on any atom is -0.330 e. The van der Waals surface area contributed by atoms with Crippen LogP contribution in [0.3, 0.4) is 0 Å². The molecule has 2 nitrogen and oxygen atoms in total. The molecule has 2 aliphatic rings. The minimum atomic E-state index is -4.05. The van der Waals surface area contributed by atoms with E-state index in [1.807, 2.05) is 0 Å². The zero-order chi connectivity index (χ0) is 14.8. The van der Waals surface area contributed by atoms with E-state index >= 15 is 0 Å². The Hall–Kier alpha value is -0.290. The zero-order valence-corrected chi connectivity index (χ0v) is 12.3. The number of piperidine rings is 1. The predicted molar refractivity (Wildman–Crippen MR) is 74.3 cm³/mol. The first kappa shape index (κ1) is 16.1. The summed E-state index contributed by atoms with van der Waals surface area (Å²) >= 11 is 0. The van der Waals surface area contributed by atoms with Gasteiger partial charge in [0.15, 0.2) is 0 Å². The van der Waals surface area contributed by atoms with E-state index in [9.17, 15) is 13.2 Å². The third-order valence-corrected chi connectivity index (χ3v) is 5.33. The van der Waals surface area contributed by atoms with Gasteiger partial charge in [0.1, 0.15) is 0 Å². The van der Waals surface area contributed by atoms with Gasteiger partial charge < -0.3 is 5.73 Å². The number of alkyl halides is 3. The zero-order valence-electron chi connectivity index (χ0n) is 12.3. The summed E-state index contributed by atoms with van der Waals surface area (Å²) in [5.41, 5.74) is 5.86. The van der Waals surface area contributed by atoms with Gasteiger partial charge in [-0.1, -0.05) is 19.8 Å². The molecule has 0 aromatic heterocycles. The van der Waals surface area contributed by atoms with Crippen molar-refractivity contribution in [2.45, 2.75) is 57.7 Å². The molecule has 0 spiro atoms. The lowest BCUT2D eigenvalue weighted by Crippen LogP contribution is -2.52. The third kappa shape index (κ3) is 3.67. The molecule has 1 aliphatic carbocycles. The van der Waals surface area contributed by atoms with Gasteiger partial charge in [0, 0.05) is 12.6 Å². The molecule has 5 heteroatoms. The summed E-state index contributed by atoms with van der Waals surface area (Å²) in [7, 11) is 0. The van der Waals surface area contributed by atoms with Crippen LogP contribution in [0.1, 0.15) is 45.4 Å². The van der Waals surface area contributed by atoms with E-state index in [-0.39, 0.29) is 19.0 Å². The number of hydrogen-bond donors (Lipinski definition) is 1. The molecule has 0 aromatic rings. The van der Waals surface area contributed by atoms with E-state index in [4.69, 9.17) is 5.73 Å². The van der Waals surface area contributed by atoms with Crippen molar-refractivity contribution >= 4 is 0 Å². The monoisotopic (exact) mass is 292 g/mol. The largest absolute Gasteiger partial charge is 0.393 e. The molecular weight excluding hydrogens is 265 g/mol. The summed E-state index contributed by atoms with van der Waals surface area (Å²) < 4.78 is 38.9. The molecular formula is C15H27F3N2. The maximum Gasteiger partial charge on any atom is 0.393 e. The molecule has 1 aliphatic heterocycles. The second-order valence-corrected chi connectivity index (χ2v) is 6.53. The average Bonchev–Trinajstić information content (AvgIpc) is 2.45. The quantitative estimate of drug-likeness (QED) is 0.863. The maximum atomic E-state index is 13.0. The van der Waals surface area contributed by atoms with Crippen molar-refractivity contribution in [2.75, 3.05) is 19.6 Å². The van der Waals surface area contributed by atoms with Crippen LogP contribution < -0.4 is 5.73 Å². The first-order valence-corrected chi connectivity index (χ1v) is 7.96. The smallest absolute Gasteiger partial charge is 0.330 e. The topological polar surface area (TPSA) is 29.3 Å². The summed E-state index contributed by atoms with van der Waals surface area (Å²) in [4.78, 5) is 2.10. The first-order valence-electron chi connectivity index (χ1n) is 7.96. The summed E-state index contributed by atoms with van der Waals surface area (Å²) in [6, 6.07) is 0.267. The molecule has 20 heavy (non-hydrogen) atoms. The molecule has 4 unspecified atom stereocenters. The van der Waals surface area contributed by atoms with Crippen LogP contribution in [0.2, 0.25) is 0 Å². The molecule has 118 valence electrons. The molecule has 0 amide bonds. The fourth-order valence-electron chi connectivity index (χ4n) is 3.96. The van der Waals surface area contributed by atoms with Crippen molar-refractivity contribution < 1.29 is 13.2 Å². The number of rotatable bonds is 3. The molecule has 0 aromatic carbocycles. The van der Waals surface area contributed by atoms with Crippen molar-refractivity contribution in [3.8, 4) is 0 Å². The molecule has 0 radical (unpaired) electrons. The van der Waals surface area contributed by atoms with Gasteiger partial charge in [-0.25, -0.2) is 0 Å². The highest BCUT2D eigenvalue weighted by atomic mass is 19.4. The highest BCUT2D eigenvalue weighted by Crippen LogP contribution is 2.38. The Morgan fingerprint density at radius 3 is 2.55 bits per heavy atom. The van der Waals surface area contributed by atoms with Gasteiger partial charge in [-0.2, -0.15) is 13.2 Å². The highest BCUT2D eigenvalue weighted by molar-refractivity contribution is 4.90. The van der Waals surface area contributed by atoms with E-state index in [1.54, 1.807) is 0 Å². The minimum absolute atomic E-state index is 0.182. The van der Waals surface area contributed by atoms with Gasteiger partial charge >= 0.3 is 6.18 Å². The van der Waals surface area contributed by atoms with E-state index in [0.29, 0.717) is 24.8 Å². The van der Waals surface area contributed by atoms with Gasteiger partial charge in [0.2, 0.25) is 0 Å². The van der Waals surface area contributed by atoms with Crippen molar-refractivity contribution in [1.82, 2.24) is 4.90 Å². The Morgan fingerprint density at radius 2 is 1.95 bits per heavy atom. The molecule has 1 saturated carbocycles. The second kappa shape index (κ2) is 6.65. The lowest BCUT2D eigenvalue weighted by Gasteiger charge is -2.45. The standard InChI is InChI=1S/C15H27F3N2/c1-2-11-5-6-12(9-19)14(8-11)20-7-3-4-13(10-20)15(16,17)18/h11-14H,2-10,19H2,1H3. The van der Waals surface area contributed by atoms with Gasteiger partial charge in [-0.15, -0.1) is 0 Å². The normalized spacial score (nSPS) is 37.0. The Labute approximate surface area is 119 Å². The number of halogens is 3. The molecule has 1 saturated heterocycles. The fourth-order valence-corrected chi connectivity index (χ4v) is 3.96. The SMILES string of the molecule is CCC1CCC(CN)C(N2CCCC(C(F)(F)F)C2)C1. The van der Waals surface area contributed by atoms with Crippen LogP contribution in [0.15, 0.2) is 0 Å². The lowest BCUT2D eigenvalue weighted by atomic mass is 9.75. The predicted octanol–water partition coefficient (Wildman–Crippen LogP) is 3.41. The number of likely N-dealkylation sites (tertiary alicyclic amines) is 1. The summed E-state index contributed by atoms with van der Waals surface area (Å²) in [6.07, 6.45) is 1.33. The van der Waals surface area contributed by atoms with Gasteiger partial charge in [-0.3, -0.25) is 4.90 Å². The summed E-state index contributed by atoms with van der Waals surface area (Å²) in [5.74, 6) is -0.101. The van der Waals surface area contributed by atoms with Crippen molar-refractivity contribution in [1.29, 1.82) is 0 Å². The van der Waals surface area contributed by atoms with Crippen LogP contribution in [0, 0.1) is 17.8 Å². The molecule has 0 bridgehead atoms. The van der Waals surface area contributed by atoms with Crippen molar-refractivity contribution in [3.05, 3.63) is 0 Å². The second-order valence-electron chi connectivity index (χ2n) is 6.53. The fraction of sp³-hybridized carbons (Fsp3) is 1.00. The number of nitrogens with two attached hydrogens (primary N) is 1. The van der Waals surface area contributed by atoms with E-state index in [1.165, 1.54) is 6.42 Å². The molecule has 1 heterocycles. The molecule has 2 rings (SSSR count). The third-order valence-electron chi connectivity index (χ3n) is 5.33. The Bertz CT molecular complexity index is 306. The van der Waals surface area contributed by atoms with Crippen LogP contribution >= 0.6 is 0 Å². The van der Waals surface area contributed by atoms with Crippen LogP contribution in [-0.4, -0.2) is 36.8 Å². The Balaban J connectivity index is 2.03. The van der Waals surface area contributed by atoms with Crippen molar-refractivity contribution in [3.63, 3.8) is 0 Å². The molecule has 4 atom stereocenters. The molecule has 2 fully saturated rings. The highest BCUT2D eigenvalue weighted by Gasteiger charge is 2.44.